The van der Waals surface area contributed by atoms with Crippen LogP contribution in [0, 0.1) is 0 Å². The summed E-state index contributed by atoms with van der Waals surface area (Å²) in [7, 11) is -0.887. The van der Waals surface area contributed by atoms with E-state index < -0.39 is 10.8 Å². The summed E-state index contributed by atoms with van der Waals surface area (Å²) >= 11 is 0. The standard InChI is InChI=1S/C10H14N2O3S/c1-2-16(15)6-5-12-10(14)8-3-4-11-9(13)7-8/h3-4,7H,2,5-6H2,1H3,(H,11,13)(H,12,14). The number of rotatable bonds is 5. The smallest absolute Gasteiger partial charge is 0.251 e. The van der Waals surface area contributed by atoms with Crippen molar-refractivity contribution in [2.45, 2.75) is 6.92 Å². The Hall–Kier alpha value is -1.43. The summed E-state index contributed by atoms with van der Waals surface area (Å²) in [6.07, 6.45) is 1.42. The normalized spacial score (nSPS) is 12.1. The van der Waals surface area contributed by atoms with Crippen LogP contribution in [0.2, 0.25) is 0 Å². The number of carbonyl (C=O) groups is 1. The highest BCUT2D eigenvalue weighted by Gasteiger charge is 2.05. The number of carbonyl (C=O) groups excluding carboxylic acids is 1. The molecule has 0 aromatic carbocycles. The summed E-state index contributed by atoms with van der Waals surface area (Å²) in [6.45, 7) is 2.18. The molecule has 1 amide bonds. The maximum absolute atomic E-state index is 11.5. The first-order valence-electron chi connectivity index (χ1n) is 4.95. The molecule has 6 heteroatoms. The zero-order valence-corrected chi connectivity index (χ0v) is 9.80. The lowest BCUT2D eigenvalue weighted by Gasteiger charge is -2.03. The van der Waals surface area contributed by atoms with Gasteiger partial charge in [-0.05, 0) is 6.07 Å². The Balaban J connectivity index is 2.47. The molecular formula is C10H14N2O3S. The Kier molecular flexibility index (Phi) is 4.91. The van der Waals surface area contributed by atoms with Gasteiger partial charge in [0.05, 0.1) is 0 Å². The van der Waals surface area contributed by atoms with Gasteiger partial charge in [0, 0.05) is 46.7 Å². The van der Waals surface area contributed by atoms with Gasteiger partial charge in [-0.25, -0.2) is 0 Å². The highest BCUT2D eigenvalue weighted by molar-refractivity contribution is 7.84. The second kappa shape index (κ2) is 6.22. The molecule has 0 spiro atoms. The minimum atomic E-state index is -0.887. The van der Waals surface area contributed by atoms with Crippen molar-refractivity contribution in [3.8, 4) is 0 Å². The van der Waals surface area contributed by atoms with Crippen LogP contribution >= 0.6 is 0 Å². The number of amides is 1. The van der Waals surface area contributed by atoms with Crippen LogP contribution in [0.1, 0.15) is 17.3 Å². The van der Waals surface area contributed by atoms with Crippen LogP contribution in [0.3, 0.4) is 0 Å². The Labute approximate surface area is 95.7 Å². The van der Waals surface area contributed by atoms with Crippen LogP contribution in [0.4, 0.5) is 0 Å². The molecule has 0 saturated heterocycles. The molecule has 88 valence electrons. The summed E-state index contributed by atoms with van der Waals surface area (Å²) in [5.74, 6) is 0.700. The van der Waals surface area contributed by atoms with E-state index in [9.17, 15) is 13.8 Å². The summed E-state index contributed by atoms with van der Waals surface area (Å²) in [6, 6.07) is 2.75. The highest BCUT2D eigenvalue weighted by Crippen LogP contribution is 1.92. The first kappa shape index (κ1) is 12.6. The van der Waals surface area contributed by atoms with Gasteiger partial charge < -0.3 is 10.3 Å². The van der Waals surface area contributed by atoms with Crippen LogP contribution in [0.5, 0.6) is 0 Å². The number of aromatic nitrogens is 1. The zero-order chi connectivity index (χ0) is 12.0. The molecule has 0 aliphatic heterocycles. The predicted molar refractivity (Wildman–Crippen MR) is 62.9 cm³/mol. The number of hydrogen-bond donors (Lipinski definition) is 2. The average Bonchev–Trinajstić information content (AvgIpc) is 2.28. The average molecular weight is 242 g/mol. The Bertz CT molecular complexity index is 442. The van der Waals surface area contributed by atoms with E-state index in [-0.39, 0.29) is 11.5 Å². The summed E-state index contributed by atoms with van der Waals surface area (Å²) in [5, 5.41) is 2.61. The van der Waals surface area contributed by atoms with Crippen LogP contribution in [0.15, 0.2) is 23.1 Å². The number of H-pyrrole nitrogens is 1. The minimum absolute atomic E-state index is 0.311. The topological polar surface area (TPSA) is 79.0 Å². The van der Waals surface area contributed by atoms with Crippen molar-refractivity contribution in [3.05, 3.63) is 34.2 Å². The van der Waals surface area contributed by atoms with Crippen LogP contribution in [-0.4, -0.2) is 33.2 Å². The molecule has 5 nitrogen and oxygen atoms in total. The van der Waals surface area contributed by atoms with Gasteiger partial charge in [0.1, 0.15) is 0 Å². The van der Waals surface area contributed by atoms with Crippen molar-refractivity contribution in [2.24, 2.45) is 0 Å². The maximum atomic E-state index is 11.5. The third kappa shape index (κ3) is 3.98. The fraction of sp³-hybridized carbons (Fsp3) is 0.400. The first-order valence-corrected chi connectivity index (χ1v) is 6.44. The van der Waals surface area contributed by atoms with E-state index in [1.54, 1.807) is 0 Å². The number of aromatic amines is 1. The van der Waals surface area contributed by atoms with Crippen LogP contribution < -0.4 is 10.9 Å². The zero-order valence-electron chi connectivity index (χ0n) is 8.99. The minimum Gasteiger partial charge on any atom is -0.351 e. The van der Waals surface area contributed by atoms with Gasteiger partial charge in [0.2, 0.25) is 5.56 Å². The van der Waals surface area contributed by atoms with E-state index >= 15 is 0 Å². The molecule has 16 heavy (non-hydrogen) atoms. The molecule has 2 N–H and O–H groups in total. The van der Waals surface area contributed by atoms with Crippen molar-refractivity contribution in [3.63, 3.8) is 0 Å². The van der Waals surface area contributed by atoms with Crippen LogP contribution in [-0.2, 0) is 10.8 Å². The molecule has 0 radical (unpaired) electrons. The van der Waals surface area contributed by atoms with Gasteiger partial charge in [-0.2, -0.15) is 0 Å². The third-order valence-electron chi connectivity index (χ3n) is 1.97. The van der Waals surface area contributed by atoms with Crippen LogP contribution in [0.25, 0.3) is 0 Å². The molecule has 1 unspecified atom stereocenters. The predicted octanol–water partition coefficient (Wildman–Crippen LogP) is -0.127. The molecule has 0 aliphatic carbocycles. The maximum Gasteiger partial charge on any atom is 0.251 e. The fourth-order valence-electron chi connectivity index (χ4n) is 1.11. The second-order valence-corrected chi connectivity index (χ2v) is 5.00. The summed E-state index contributed by atoms with van der Waals surface area (Å²) in [4.78, 5) is 24.9. The molecule has 1 aromatic rings. The third-order valence-corrected chi connectivity index (χ3v) is 3.28. The van der Waals surface area contributed by atoms with Crippen molar-refractivity contribution in [2.75, 3.05) is 18.1 Å². The van der Waals surface area contributed by atoms with Crippen molar-refractivity contribution in [1.29, 1.82) is 0 Å². The van der Waals surface area contributed by atoms with E-state index in [4.69, 9.17) is 0 Å². The van der Waals surface area contributed by atoms with Crippen molar-refractivity contribution in [1.82, 2.24) is 10.3 Å². The van der Waals surface area contributed by atoms with Gasteiger partial charge >= 0.3 is 0 Å². The summed E-state index contributed by atoms with van der Waals surface area (Å²) < 4.78 is 11.1. The Morgan fingerprint density at radius 1 is 1.56 bits per heavy atom. The quantitative estimate of drug-likeness (QED) is 0.755. The monoisotopic (exact) mass is 242 g/mol. The number of nitrogens with one attached hydrogen (secondary N) is 2. The summed E-state index contributed by atoms with van der Waals surface area (Å²) in [5.41, 5.74) is -0.00387. The lowest BCUT2D eigenvalue weighted by Crippen LogP contribution is -2.28. The molecular weight excluding hydrogens is 228 g/mol. The molecule has 0 bridgehead atoms. The first-order chi connectivity index (χ1) is 7.63. The van der Waals surface area contributed by atoms with Gasteiger partial charge in [0.15, 0.2) is 0 Å². The largest absolute Gasteiger partial charge is 0.351 e. The van der Waals surface area contributed by atoms with E-state index in [0.717, 1.165) is 0 Å². The molecule has 0 saturated carbocycles. The van der Waals surface area contributed by atoms with Gasteiger partial charge in [-0.3, -0.25) is 13.8 Å². The van der Waals surface area contributed by atoms with Crippen molar-refractivity contribution >= 4 is 16.7 Å². The van der Waals surface area contributed by atoms with E-state index in [2.05, 4.69) is 10.3 Å². The van der Waals surface area contributed by atoms with Gasteiger partial charge in [-0.15, -0.1) is 0 Å². The Morgan fingerprint density at radius 3 is 2.94 bits per heavy atom. The molecule has 0 aliphatic rings. The van der Waals surface area contributed by atoms with E-state index in [1.807, 2.05) is 6.92 Å². The fourth-order valence-corrected chi connectivity index (χ4v) is 1.73. The molecule has 1 rings (SSSR count). The molecule has 1 atom stereocenters. The van der Waals surface area contributed by atoms with E-state index in [1.165, 1.54) is 18.3 Å². The molecule has 1 aromatic heterocycles. The second-order valence-electron chi connectivity index (χ2n) is 3.13. The lowest BCUT2D eigenvalue weighted by atomic mass is 10.2. The molecule has 1 heterocycles. The van der Waals surface area contributed by atoms with E-state index in [0.29, 0.717) is 23.6 Å². The Morgan fingerprint density at radius 2 is 2.31 bits per heavy atom. The van der Waals surface area contributed by atoms with Gasteiger partial charge in [-0.1, -0.05) is 6.92 Å². The SMILES string of the molecule is CCS(=O)CCNC(=O)c1cc[nH]c(=O)c1. The highest BCUT2D eigenvalue weighted by atomic mass is 32.2. The van der Waals surface area contributed by atoms with Gasteiger partial charge in [0.25, 0.3) is 5.91 Å². The van der Waals surface area contributed by atoms with Crippen molar-refractivity contribution < 1.29 is 9.00 Å². The number of hydrogen-bond acceptors (Lipinski definition) is 3. The lowest BCUT2D eigenvalue weighted by molar-refractivity contribution is 0.0956. The number of pyridine rings is 1. The molecule has 0 fully saturated rings.